The molecule has 0 bridgehead atoms. The highest BCUT2D eigenvalue weighted by Crippen LogP contribution is 2.29. The van der Waals surface area contributed by atoms with Crippen molar-refractivity contribution >= 4 is 32.3 Å². The number of halogens is 1. The molecular formula is C11H17BrN2S. The Morgan fingerprint density at radius 1 is 1.60 bits per heavy atom. The molecule has 1 atom stereocenters. The summed E-state index contributed by atoms with van der Waals surface area (Å²) in [4.78, 5) is 2.35. The van der Waals surface area contributed by atoms with Gasteiger partial charge in [-0.25, -0.2) is 0 Å². The third-order valence-electron chi connectivity index (χ3n) is 2.97. The molecule has 0 spiro atoms. The number of hydrogen-bond acceptors (Lipinski definition) is 3. The molecule has 0 aliphatic carbocycles. The Hall–Kier alpha value is -0.0600. The molecule has 15 heavy (non-hydrogen) atoms. The molecule has 1 unspecified atom stereocenters. The van der Waals surface area contributed by atoms with E-state index in [2.05, 4.69) is 45.3 Å². The Bertz CT molecular complexity index is 307. The van der Waals surface area contributed by atoms with Crippen molar-refractivity contribution in [3.05, 3.63) is 15.9 Å². The number of hydrogen-bond donors (Lipinski definition) is 1. The summed E-state index contributed by atoms with van der Waals surface area (Å²) >= 11 is 5.30. The first-order valence-electron chi connectivity index (χ1n) is 5.43. The van der Waals surface area contributed by atoms with Gasteiger partial charge in [-0.3, -0.25) is 0 Å². The molecule has 0 aromatic carbocycles. The zero-order chi connectivity index (χ0) is 10.7. The van der Waals surface area contributed by atoms with Crippen LogP contribution in [0.15, 0.2) is 15.9 Å². The average molecular weight is 289 g/mol. The third kappa shape index (κ3) is 3.20. The summed E-state index contributed by atoms with van der Waals surface area (Å²) in [5.74, 6) is 0.885. The zero-order valence-electron chi connectivity index (χ0n) is 9.00. The van der Waals surface area contributed by atoms with E-state index < -0.39 is 0 Å². The second-order valence-corrected chi connectivity index (χ2v) is 6.59. The molecule has 1 fully saturated rings. The molecule has 1 aliphatic heterocycles. The molecule has 1 saturated heterocycles. The predicted octanol–water partition coefficient (Wildman–Crippen LogP) is 2.95. The van der Waals surface area contributed by atoms with E-state index in [0.717, 1.165) is 5.92 Å². The molecule has 1 aromatic rings. The summed E-state index contributed by atoms with van der Waals surface area (Å²) in [6.45, 7) is 3.58. The van der Waals surface area contributed by atoms with Crippen LogP contribution in [0.25, 0.3) is 0 Å². The lowest BCUT2D eigenvalue weighted by molar-refractivity contribution is 0.534. The van der Waals surface area contributed by atoms with Crippen molar-refractivity contribution < 1.29 is 0 Å². The van der Waals surface area contributed by atoms with E-state index >= 15 is 0 Å². The van der Waals surface area contributed by atoms with Gasteiger partial charge in [-0.2, -0.15) is 0 Å². The van der Waals surface area contributed by atoms with E-state index in [1.807, 2.05) is 0 Å². The van der Waals surface area contributed by atoms with Gasteiger partial charge in [0.15, 0.2) is 0 Å². The maximum absolute atomic E-state index is 3.50. The lowest BCUT2D eigenvalue weighted by Crippen LogP contribution is -2.21. The van der Waals surface area contributed by atoms with Gasteiger partial charge in [0.1, 0.15) is 0 Å². The zero-order valence-corrected chi connectivity index (χ0v) is 11.4. The van der Waals surface area contributed by atoms with Crippen molar-refractivity contribution in [2.45, 2.75) is 12.8 Å². The second-order valence-electron chi connectivity index (χ2n) is 4.15. The summed E-state index contributed by atoms with van der Waals surface area (Å²) < 4.78 is 1.21. The number of anilines is 1. The van der Waals surface area contributed by atoms with Crippen molar-refractivity contribution in [1.29, 1.82) is 0 Å². The molecule has 84 valence electrons. The molecule has 1 aliphatic rings. The lowest BCUT2D eigenvalue weighted by atomic mass is 10.1. The van der Waals surface area contributed by atoms with Crippen LogP contribution < -0.4 is 10.2 Å². The Morgan fingerprint density at radius 2 is 2.47 bits per heavy atom. The normalized spacial score (nSPS) is 20.8. The monoisotopic (exact) mass is 288 g/mol. The topological polar surface area (TPSA) is 15.3 Å². The summed E-state index contributed by atoms with van der Waals surface area (Å²) in [5.41, 5.74) is 0. The van der Waals surface area contributed by atoms with Gasteiger partial charge in [0.2, 0.25) is 0 Å². The van der Waals surface area contributed by atoms with Crippen LogP contribution in [0.1, 0.15) is 12.8 Å². The fourth-order valence-electron chi connectivity index (χ4n) is 1.96. The van der Waals surface area contributed by atoms with E-state index in [-0.39, 0.29) is 0 Å². The van der Waals surface area contributed by atoms with Crippen LogP contribution in [0.3, 0.4) is 0 Å². The number of rotatable bonds is 4. The molecular weight excluding hydrogens is 272 g/mol. The van der Waals surface area contributed by atoms with Crippen molar-refractivity contribution in [2.75, 3.05) is 31.6 Å². The first kappa shape index (κ1) is 11.4. The van der Waals surface area contributed by atoms with Crippen LogP contribution in [0.2, 0.25) is 0 Å². The van der Waals surface area contributed by atoms with Crippen LogP contribution in [0.5, 0.6) is 0 Å². The van der Waals surface area contributed by atoms with Crippen LogP contribution in [-0.4, -0.2) is 26.7 Å². The van der Waals surface area contributed by atoms with Crippen molar-refractivity contribution in [3.63, 3.8) is 0 Å². The van der Waals surface area contributed by atoms with Gasteiger partial charge in [-0.1, -0.05) is 0 Å². The van der Waals surface area contributed by atoms with Gasteiger partial charge >= 0.3 is 0 Å². The number of nitrogens with zero attached hydrogens (tertiary/aromatic N) is 1. The minimum absolute atomic E-state index is 0.885. The number of nitrogens with one attached hydrogen (secondary N) is 1. The smallest absolute Gasteiger partial charge is 0.0917 e. The predicted molar refractivity (Wildman–Crippen MR) is 70.9 cm³/mol. The van der Waals surface area contributed by atoms with Gasteiger partial charge in [-0.15, -0.1) is 11.3 Å². The first-order valence-corrected chi connectivity index (χ1v) is 7.04. The first-order chi connectivity index (χ1) is 7.25. The van der Waals surface area contributed by atoms with Gasteiger partial charge in [0.05, 0.1) is 8.79 Å². The molecule has 2 heterocycles. The molecule has 4 heteroatoms. The van der Waals surface area contributed by atoms with Gasteiger partial charge < -0.3 is 10.2 Å². The van der Waals surface area contributed by atoms with E-state index in [9.17, 15) is 0 Å². The number of thiophene rings is 1. The van der Waals surface area contributed by atoms with Crippen molar-refractivity contribution in [2.24, 2.45) is 5.92 Å². The summed E-state index contributed by atoms with van der Waals surface area (Å²) in [6.07, 6.45) is 2.65. The summed E-state index contributed by atoms with van der Waals surface area (Å²) in [5, 5.41) is 4.77. The molecule has 1 N–H and O–H groups in total. The highest BCUT2D eigenvalue weighted by Gasteiger charge is 2.15. The fraction of sp³-hybridized carbons (Fsp3) is 0.636. The van der Waals surface area contributed by atoms with Gasteiger partial charge in [0, 0.05) is 13.6 Å². The van der Waals surface area contributed by atoms with E-state index in [1.54, 1.807) is 11.3 Å². The van der Waals surface area contributed by atoms with Crippen LogP contribution in [0, 0.1) is 5.92 Å². The molecule has 1 aromatic heterocycles. The van der Waals surface area contributed by atoms with Crippen LogP contribution in [-0.2, 0) is 0 Å². The fourth-order valence-corrected chi connectivity index (χ4v) is 3.31. The molecule has 0 amide bonds. The minimum Gasteiger partial charge on any atom is -0.366 e. The molecule has 0 saturated carbocycles. The Kier molecular flexibility index (Phi) is 4.05. The van der Waals surface area contributed by atoms with E-state index in [0.29, 0.717) is 0 Å². The molecule has 0 radical (unpaired) electrons. The largest absolute Gasteiger partial charge is 0.366 e. The van der Waals surface area contributed by atoms with Crippen LogP contribution in [0.4, 0.5) is 5.00 Å². The Balaban J connectivity index is 1.79. The van der Waals surface area contributed by atoms with Gasteiger partial charge in [0.25, 0.3) is 0 Å². The Morgan fingerprint density at radius 3 is 3.07 bits per heavy atom. The maximum Gasteiger partial charge on any atom is 0.0917 e. The summed E-state index contributed by atoms with van der Waals surface area (Å²) in [6, 6.07) is 4.30. The lowest BCUT2D eigenvalue weighted by Gasteiger charge is -2.18. The quantitative estimate of drug-likeness (QED) is 0.917. The maximum atomic E-state index is 3.50. The minimum atomic E-state index is 0.885. The Labute approximate surface area is 104 Å². The molecule has 2 rings (SSSR count). The highest BCUT2D eigenvalue weighted by atomic mass is 79.9. The van der Waals surface area contributed by atoms with Crippen LogP contribution >= 0.6 is 27.3 Å². The highest BCUT2D eigenvalue weighted by molar-refractivity contribution is 9.11. The molecule has 2 nitrogen and oxygen atoms in total. The SMILES string of the molecule is CN(CCC1CCNC1)c1ccc(Br)s1. The second kappa shape index (κ2) is 5.32. The van der Waals surface area contributed by atoms with Crippen molar-refractivity contribution in [1.82, 2.24) is 5.32 Å². The van der Waals surface area contributed by atoms with Crippen molar-refractivity contribution in [3.8, 4) is 0 Å². The van der Waals surface area contributed by atoms with E-state index in [4.69, 9.17) is 0 Å². The van der Waals surface area contributed by atoms with Gasteiger partial charge in [-0.05, 0) is 59.9 Å². The third-order valence-corrected chi connectivity index (χ3v) is 4.71. The average Bonchev–Trinajstić information content (AvgIpc) is 2.84. The standard InChI is InChI=1S/C11H17BrN2S/c1-14(11-3-2-10(12)15-11)7-5-9-4-6-13-8-9/h2-3,9,13H,4-8H2,1H3. The van der Waals surface area contributed by atoms with E-state index in [1.165, 1.54) is 41.3 Å². The summed E-state index contributed by atoms with van der Waals surface area (Å²) in [7, 11) is 2.18.